The lowest BCUT2D eigenvalue weighted by molar-refractivity contribution is -0.0485. The van der Waals surface area contributed by atoms with Crippen molar-refractivity contribution in [1.82, 2.24) is 53.2 Å². The molecule has 414 valence electrons. The first-order valence-electron chi connectivity index (χ1n) is 24.0. The minimum absolute atomic E-state index is 0.0312. The Morgan fingerprint density at radius 2 is 1.17 bits per heavy atom. The van der Waals surface area contributed by atoms with Crippen molar-refractivity contribution in [2.75, 3.05) is 57.1 Å². The van der Waals surface area contributed by atoms with E-state index < -0.39 is 77.7 Å². The second-order valence-electron chi connectivity index (χ2n) is 18.1. The van der Waals surface area contributed by atoms with E-state index >= 15 is 0 Å². The number of methoxy groups -OCH3 is 2. The highest BCUT2D eigenvalue weighted by Gasteiger charge is 2.50. The van der Waals surface area contributed by atoms with Gasteiger partial charge < -0.3 is 43.7 Å². The van der Waals surface area contributed by atoms with Crippen LogP contribution in [0.3, 0.4) is 0 Å². The summed E-state index contributed by atoms with van der Waals surface area (Å²) < 4.78 is 93.5. The van der Waals surface area contributed by atoms with Gasteiger partial charge in [-0.2, -0.15) is 5.26 Å². The van der Waals surface area contributed by atoms with Crippen LogP contribution < -0.4 is 20.1 Å². The Balaban J connectivity index is 0.000000236. The molecule has 77 heavy (non-hydrogen) atoms. The third-order valence-corrected chi connectivity index (χ3v) is 15.4. The molecule has 1 unspecified atom stereocenters. The van der Waals surface area contributed by atoms with Crippen molar-refractivity contribution in [3.8, 4) is 6.07 Å². The Morgan fingerprint density at radius 3 is 1.61 bits per heavy atom. The highest BCUT2D eigenvalue weighted by Crippen LogP contribution is 2.50. The summed E-state index contributed by atoms with van der Waals surface area (Å²) in [6, 6.07) is 19.5. The van der Waals surface area contributed by atoms with Crippen molar-refractivity contribution >= 4 is 74.4 Å². The third kappa shape index (κ3) is 14.5. The van der Waals surface area contributed by atoms with Gasteiger partial charge in [-0.05, 0) is 52.0 Å². The normalized spacial score (nSPS) is 22.1. The lowest BCUT2D eigenvalue weighted by Crippen LogP contribution is -2.43. The van der Waals surface area contributed by atoms with E-state index in [1.807, 2.05) is 39.8 Å². The number of aliphatic hydroxyl groups is 1. The number of sulfonamides is 2. The predicted octanol–water partition coefficient (Wildman–Crippen LogP) is 3.10. The summed E-state index contributed by atoms with van der Waals surface area (Å²) >= 11 is 0. The van der Waals surface area contributed by atoms with Gasteiger partial charge in [-0.1, -0.05) is 36.4 Å². The van der Waals surface area contributed by atoms with Crippen molar-refractivity contribution in [1.29, 1.82) is 5.26 Å². The number of imidazole rings is 2. The van der Waals surface area contributed by atoms with Crippen molar-refractivity contribution in [3.63, 3.8) is 0 Å². The quantitative estimate of drug-likeness (QED) is 0.0481. The van der Waals surface area contributed by atoms with Crippen LogP contribution in [0, 0.1) is 11.3 Å². The molecule has 6 heterocycles. The van der Waals surface area contributed by atoms with Crippen molar-refractivity contribution in [3.05, 3.63) is 97.1 Å². The van der Waals surface area contributed by atoms with Crippen LogP contribution in [-0.4, -0.2) is 173 Å². The second kappa shape index (κ2) is 26.0. The van der Waals surface area contributed by atoms with E-state index in [2.05, 4.69) is 60.7 Å². The molecule has 2 fully saturated rings. The van der Waals surface area contributed by atoms with Crippen molar-refractivity contribution in [2.24, 2.45) is 0 Å². The number of aliphatic hydroxyl groups excluding tert-OH is 1. The molecule has 0 radical (unpaired) electrons. The number of ether oxygens (including phenoxy) is 4. The fourth-order valence-electron chi connectivity index (χ4n) is 8.50. The van der Waals surface area contributed by atoms with Gasteiger partial charge in [-0.15, -0.1) is 0 Å². The van der Waals surface area contributed by atoms with Crippen molar-refractivity contribution < 1.29 is 59.5 Å². The van der Waals surface area contributed by atoms with Gasteiger partial charge in [0.05, 0.1) is 44.3 Å². The Morgan fingerprint density at radius 1 is 0.714 bits per heavy atom. The lowest BCUT2D eigenvalue weighted by Gasteiger charge is -2.38. The highest BCUT2D eigenvalue weighted by molar-refractivity contribution is 7.89. The Kier molecular flexibility index (Phi) is 19.8. The molecule has 0 spiro atoms. The molecule has 27 nitrogen and oxygen atoms in total. The first kappa shape index (κ1) is 58.6. The van der Waals surface area contributed by atoms with E-state index in [1.54, 1.807) is 57.7 Å². The van der Waals surface area contributed by atoms with Gasteiger partial charge in [0.25, 0.3) is 20.3 Å². The van der Waals surface area contributed by atoms with Crippen LogP contribution in [0.5, 0.6) is 0 Å². The van der Waals surface area contributed by atoms with E-state index in [0.717, 1.165) is 12.5 Å². The molecule has 5 N–H and O–H groups in total. The number of carbonyl (C=O) groups is 2. The molecule has 6 aromatic rings. The molecule has 4 aromatic heterocycles. The Bertz CT molecular complexity index is 3220. The van der Waals surface area contributed by atoms with Crippen molar-refractivity contribution in [2.45, 2.75) is 95.3 Å². The van der Waals surface area contributed by atoms with Crippen LogP contribution >= 0.6 is 8.53 Å². The largest absolute Gasteiger partial charge is 0.387 e. The first-order chi connectivity index (χ1) is 36.7. The molecule has 0 bridgehead atoms. The minimum Gasteiger partial charge on any atom is -0.387 e. The summed E-state index contributed by atoms with van der Waals surface area (Å²) in [4.78, 5) is 51.2. The zero-order chi connectivity index (χ0) is 55.6. The fourth-order valence-corrected chi connectivity index (χ4v) is 11.2. The summed E-state index contributed by atoms with van der Waals surface area (Å²) in [6.45, 7) is 7.98. The van der Waals surface area contributed by atoms with Gasteiger partial charge in [0, 0.05) is 50.5 Å². The molecule has 8 rings (SSSR count). The SMILES string of the molecule is CO[C@@H]1[C@H](O)[C@@H](CNS(C)(=O)=O)O[C@H]1n1cnc2c(NC(=O)c3ccccc3)ncnc21.CO[C@@H]1[C@H](OP(OCCC#N)N(C(C)C)C(C)C)[C@@H](CNS(C)(=O)=O)O[C@H]1n1cnc2c(NC(=O)c3ccccc3)ncnc21. The van der Waals surface area contributed by atoms with Crippen LogP contribution in [0.1, 0.15) is 67.3 Å². The van der Waals surface area contributed by atoms with Gasteiger partial charge in [-0.3, -0.25) is 18.7 Å². The predicted molar refractivity (Wildman–Crippen MR) is 281 cm³/mol. The van der Waals surface area contributed by atoms with E-state index in [0.29, 0.717) is 33.5 Å². The number of carbonyl (C=O) groups excluding carboxylic acids is 2. The Hall–Kier alpha value is -6.10. The van der Waals surface area contributed by atoms with Crippen LogP contribution in [-0.2, 0) is 48.0 Å². The number of rotatable bonds is 22. The average molecular weight is 1130 g/mol. The number of amides is 2. The molecule has 0 aliphatic carbocycles. The Labute approximate surface area is 446 Å². The zero-order valence-corrected chi connectivity index (χ0v) is 45.8. The number of fused-ring (bicyclic) bond motifs is 2. The van der Waals surface area contributed by atoms with Gasteiger partial charge in [-0.25, -0.2) is 60.9 Å². The molecule has 2 aromatic carbocycles. The van der Waals surface area contributed by atoms with Gasteiger partial charge in [0.15, 0.2) is 46.4 Å². The number of hydrogen-bond donors (Lipinski definition) is 5. The number of aromatic nitrogens is 8. The molecular weight excluding hydrogens is 1060 g/mol. The van der Waals surface area contributed by atoms with Crippen LogP contribution in [0.2, 0.25) is 0 Å². The molecule has 2 saturated heterocycles. The van der Waals surface area contributed by atoms with E-state index in [-0.39, 0.29) is 61.7 Å². The number of nitrogens with one attached hydrogen (secondary N) is 4. The van der Waals surface area contributed by atoms with Gasteiger partial charge >= 0.3 is 0 Å². The highest BCUT2D eigenvalue weighted by atomic mass is 32.2. The molecule has 2 aliphatic heterocycles. The first-order valence-corrected chi connectivity index (χ1v) is 28.9. The summed E-state index contributed by atoms with van der Waals surface area (Å²) in [5, 5.41) is 25.2. The number of anilines is 2. The van der Waals surface area contributed by atoms with E-state index in [9.17, 15) is 31.5 Å². The smallest absolute Gasteiger partial charge is 0.259 e. The molecule has 2 aliphatic rings. The maximum Gasteiger partial charge on any atom is 0.259 e. The summed E-state index contributed by atoms with van der Waals surface area (Å²) in [6.07, 6.45) is 0.938. The van der Waals surface area contributed by atoms with Crippen LogP contribution in [0.15, 0.2) is 86.0 Å². The van der Waals surface area contributed by atoms with Gasteiger partial charge in [0.2, 0.25) is 20.0 Å². The maximum absolute atomic E-state index is 12.9. The molecule has 9 atom stereocenters. The maximum atomic E-state index is 12.9. The van der Waals surface area contributed by atoms with E-state index in [1.165, 1.54) is 39.5 Å². The number of nitrogens with zero attached hydrogens (tertiary/aromatic N) is 10. The number of nitriles is 1. The molecular formula is C47H61N14O13PS2. The topological polar surface area (TPSA) is 340 Å². The standard InChI is InChI=1S/C28H39N8O7PS.C19H22N6O6S/c1-18(2)36(19(3)4)44(41-14-10-13-29)43-23-21(15-33-45(6,38)39)42-28(24(23)40-5)35-17-32-22-25(30-16-31-26(22)35)34-27(37)20-11-8-7-9-12-20;1-30-15-14(26)12(8-23-32(2,28)29)31-19(15)25-10-22-13-16(20-9-21-17(13)25)24-18(27)11-6-4-3-5-7-11/h7-9,11-12,16-19,21,23-24,28,33H,10,14-15H2,1-6H3,(H,30,31,34,37);3-7,9-10,12,14-15,19,23,26H,8H2,1-2H3,(H,20,21,24,27)/t21-,23-,24-,28-,44?;12-,14-,15-,19-/m11/s1. The van der Waals surface area contributed by atoms with Crippen LogP contribution in [0.4, 0.5) is 11.6 Å². The summed E-state index contributed by atoms with van der Waals surface area (Å²) in [5.41, 5.74) is 2.26. The summed E-state index contributed by atoms with van der Waals surface area (Å²) in [5.74, 6) is -0.289. The molecule has 0 saturated carbocycles. The lowest BCUT2D eigenvalue weighted by atomic mass is 10.1. The molecule has 2 amide bonds. The third-order valence-electron chi connectivity index (χ3n) is 11.9. The monoisotopic (exact) mass is 1120 g/mol. The average Bonchev–Trinajstić information content (AvgIpc) is 4.27. The fraction of sp³-hybridized carbons (Fsp3) is 0.468. The van der Waals surface area contributed by atoms with Gasteiger partial charge in [0.1, 0.15) is 49.3 Å². The zero-order valence-electron chi connectivity index (χ0n) is 43.3. The van der Waals surface area contributed by atoms with Crippen LogP contribution in [0.25, 0.3) is 22.3 Å². The van der Waals surface area contributed by atoms with E-state index in [4.69, 9.17) is 33.3 Å². The minimum atomic E-state index is -3.57. The number of benzene rings is 2. The summed E-state index contributed by atoms with van der Waals surface area (Å²) in [7, 11) is -5.85. The molecule has 30 heteroatoms. The second-order valence-corrected chi connectivity index (χ2v) is 23.2. The number of hydrogen-bond acceptors (Lipinski definition) is 21.